The molecule has 1 aromatic rings. The van der Waals surface area contributed by atoms with E-state index in [-0.39, 0.29) is 0 Å². The number of halogens is 3. The zero-order chi connectivity index (χ0) is 17.0. The first-order chi connectivity index (χ1) is 10.9. The van der Waals surface area contributed by atoms with Crippen LogP contribution in [-0.4, -0.2) is 36.8 Å². The zero-order valence-electron chi connectivity index (χ0n) is 12.5. The number of alkyl halides is 3. The predicted molar refractivity (Wildman–Crippen MR) is 79.6 cm³/mol. The number of hydrogen-bond donors (Lipinski definition) is 3. The number of rotatable bonds is 6. The SMILES string of the molecule is CC1=CN(c2ccc([C@@H](O)[C@@H](CF)NC(=O)C(F)F)cc2)CN1. The van der Waals surface area contributed by atoms with Crippen LogP contribution in [-0.2, 0) is 4.79 Å². The maximum Gasteiger partial charge on any atom is 0.315 e. The molecule has 1 amide bonds. The summed E-state index contributed by atoms with van der Waals surface area (Å²) >= 11 is 0. The van der Waals surface area contributed by atoms with Gasteiger partial charge in [0.2, 0.25) is 0 Å². The van der Waals surface area contributed by atoms with E-state index in [2.05, 4.69) is 5.32 Å². The third kappa shape index (κ3) is 4.16. The van der Waals surface area contributed by atoms with Crippen LogP contribution in [0.15, 0.2) is 36.2 Å². The van der Waals surface area contributed by atoms with E-state index in [0.29, 0.717) is 12.2 Å². The van der Waals surface area contributed by atoms with E-state index in [9.17, 15) is 23.1 Å². The first-order valence-electron chi connectivity index (χ1n) is 7.04. The van der Waals surface area contributed by atoms with E-state index in [0.717, 1.165) is 11.4 Å². The van der Waals surface area contributed by atoms with Gasteiger partial charge >= 0.3 is 6.43 Å². The van der Waals surface area contributed by atoms with Crippen LogP contribution < -0.4 is 15.5 Å². The number of benzene rings is 1. The number of nitrogens with zero attached hydrogens (tertiary/aromatic N) is 1. The van der Waals surface area contributed by atoms with Crippen LogP contribution in [0.1, 0.15) is 18.6 Å². The molecule has 0 aromatic heterocycles. The van der Waals surface area contributed by atoms with Gasteiger partial charge in [0.1, 0.15) is 12.8 Å². The highest BCUT2D eigenvalue weighted by Gasteiger charge is 2.26. The predicted octanol–water partition coefficient (Wildman–Crippen LogP) is 1.67. The van der Waals surface area contributed by atoms with Crippen molar-refractivity contribution in [3.05, 3.63) is 41.7 Å². The summed E-state index contributed by atoms with van der Waals surface area (Å²) in [6, 6.07) is 5.16. The summed E-state index contributed by atoms with van der Waals surface area (Å²) in [4.78, 5) is 12.9. The molecule has 0 saturated carbocycles. The quantitative estimate of drug-likeness (QED) is 0.743. The van der Waals surface area contributed by atoms with E-state index in [4.69, 9.17) is 0 Å². The van der Waals surface area contributed by atoms with Gasteiger partial charge in [0, 0.05) is 17.6 Å². The lowest BCUT2D eigenvalue weighted by Gasteiger charge is -2.22. The third-order valence-electron chi connectivity index (χ3n) is 3.52. The molecule has 3 N–H and O–H groups in total. The van der Waals surface area contributed by atoms with Crippen LogP contribution in [0.4, 0.5) is 18.9 Å². The monoisotopic (exact) mass is 329 g/mol. The van der Waals surface area contributed by atoms with Crippen LogP contribution in [0.5, 0.6) is 0 Å². The number of aliphatic hydroxyl groups excluding tert-OH is 1. The molecule has 0 saturated heterocycles. The van der Waals surface area contributed by atoms with Crippen molar-refractivity contribution in [1.82, 2.24) is 10.6 Å². The molecular formula is C15H18F3N3O2. The Balaban J connectivity index is 2.06. The van der Waals surface area contributed by atoms with Crippen molar-refractivity contribution < 1.29 is 23.1 Å². The van der Waals surface area contributed by atoms with Gasteiger partial charge in [-0.25, -0.2) is 4.39 Å². The first-order valence-corrected chi connectivity index (χ1v) is 7.04. The number of hydrogen-bond acceptors (Lipinski definition) is 4. The van der Waals surface area contributed by atoms with Crippen molar-refractivity contribution in [3.63, 3.8) is 0 Å². The lowest BCUT2D eigenvalue weighted by atomic mass is 10.0. The van der Waals surface area contributed by atoms with Crippen molar-refractivity contribution in [2.45, 2.75) is 25.5 Å². The fraction of sp³-hybridized carbons (Fsp3) is 0.400. The van der Waals surface area contributed by atoms with Crippen LogP contribution in [0.25, 0.3) is 0 Å². The summed E-state index contributed by atoms with van der Waals surface area (Å²) in [6.07, 6.45) is -2.75. The molecule has 2 rings (SSSR count). The average molecular weight is 329 g/mol. The molecule has 0 fully saturated rings. The highest BCUT2D eigenvalue weighted by molar-refractivity contribution is 5.79. The van der Waals surface area contributed by atoms with Gasteiger partial charge in [0.15, 0.2) is 0 Å². The van der Waals surface area contributed by atoms with Gasteiger partial charge in [0.05, 0.1) is 12.7 Å². The maximum absolute atomic E-state index is 12.9. The Bertz CT molecular complexity index is 578. The Morgan fingerprint density at radius 1 is 1.39 bits per heavy atom. The molecule has 1 heterocycles. The first kappa shape index (κ1) is 17.1. The molecule has 0 aliphatic carbocycles. The van der Waals surface area contributed by atoms with E-state index in [1.807, 2.05) is 18.0 Å². The molecule has 23 heavy (non-hydrogen) atoms. The summed E-state index contributed by atoms with van der Waals surface area (Å²) in [6.45, 7) is 1.39. The Hall–Kier alpha value is -2.22. The Labute approximate surface area is 131 Å². The smallest absolute Gasteiger partial charge is 0.315 e. The molecule has 0 unspecified atom stereocenters. The molecule has 1 aliphatic rings. The van der Waals surface area contributed by atoms with Crippen LogP contribution in [0.2, 0.25) is 0 Å². The van der Waals surface area contributed by atoms with Gasteiger partial charge < -0.3 is 20.6 Å². The van der Waals surface area contributed by atoms with Crippen molar-refractivity contribution >= 4 is 11.6 Å². The molecule has 0 spiro atoms. The Morgan fingerprint density at radius 2 is 2.04 bits per heavy atom. The molecule has 1 aromatic carbocycles. The van der Waals surface area contributed by atoms with E-state index >= 15 is 0 Å². The summed E-state index contributed by atoms with van der Waals surface area (Å²) < 4.78 is 37.4. The van der Waals surface area contributed by atoms with Crippen molar-refractivity contribution in [3.8, 4) is 0 Å². The minimum atomic E-state index is -3.25. The topological polar surface area (TPSA) is 64.6 Å². The van der Waals surface area contributed by atoms with Crippen LogP contribution >= 0.6 is 0 Å². The molecule has 0 bridgehead atoms. The molecule has 5 nitrogen and oxygen atoms in total. The Kier molecular flexibility index (Phi) is 5.49. The maximum atomic E-state index is 12.9. The largest absolute Gasteiger partial charge is 0.386 e. The second-order valence-electron chi connectivity index (χ2n) is 5.22. The van der Waals surface area contributed by atoms with Crippen LogP contribution in [0.3, 0.4) is 0 Å². The number of carbonyl (C=O) groups is 1. The van der Waals surface area contributed by atoms with Gasteiger partial charge in [-0.05, 0) is 24.6 Å². The molecular weight excluding hydrogens is 311 g/mol. The summed E-state index contributed by atoms with van der Waals surface area (Å²) in [5, 5.41) is 15.0. The summed E-state index contributed by atoms with van der Waals surface area (Å²) in [7, 11) is 0. The number of carbonyl (C=O) groups excluding carboxylic acids is 1. The fourth-order valence-corrected chi connectivity index (χ4v) is 2.24. The highest BCUT2D eigenvalue weighted by Crippen LogP contribution is 2.23. The molecule has 126 valence electrons. The number of aliphatic hydroxyl groups is 1. The summed E-state index contributed by atoms with van der Waals surface area (Å²) in [5.74, 6) is -1.60. The molecule has 0 radical (unpaired) electrons. The minimum absolute atomic E-state index is 0.332. The van der Waals surface area contributed by atoms with E-state index in [1.54, 1.807) is 29.6 Å². The van der Waals surface area contributed by atoms with Crippen LogP contribution in [0, 0.1) is 0 Å². The lowest BCUT2D eigenvalue weighted by Crippen LogP contribution is -2.43. The third-order valence-corrected chi connectivity index (χ3v) is 3.52. The molecule has 2 atom stereocenters. The van der Waals surface area contributed by atoms with E-state index in [1.165, 1.54) is 0 Å². The zero-order valence-corrected chi connectivity index (χ0v) is 12.5. The summed E-state index contributed by atoms with van der Waals surface area (Å²) in [5.41, 5.74) is 2.21. The van der Waals surface area contributed by atoms with E-state index < -0.39 is 31.2 Å². The Morgan fingerprint density at radius 3 is 2.52 bits per heavy atom. The number of allylic oxidation sites excluding steroid dienone is 1. The molecule has 1 aliphatic heterocycles. The standard InChI is InChI=1S/C15H18F3N3O2/c1-9-7-21(8-19-9)11-4-2-10(3-5-11)13(22)12(6-16)20-15(23)14(17)18/h2-5,7,12-14,19,22H,6,8H2,1H3,(H,20,23)/t12-,13-/m1/s1. The molecule has 8 heteroatoms. The van der Waals surface area contributed by atoms with Gasteiger partial charge in [0.25, 0.3) is 5.91 Å². The second-order valence-corrected chi connectivity index (χ2v) is 5.22. The van der Waals surface area contributed by atoms with Gasteiger partial charge in [-0.2, -0.15) is 8.78 Å². The number of anilines is 1. The van der Waals surface area contributed by atoms with Gasteiger partial charge in [-0.1, -0.05) is 12.1 Å². The van der Waals surface area contributed by atoms with Crippen molar-refractivity contribution in [1.29, 1.82) is 0 Å². The number of nitrogens with one attached hydrogen (secondary N) is 2. The van der Waals surface area contributed by atoms with Crippen molar-refractivity contribution in [2.24, 2.45) is 0 Å². The highest BCUT2D eigenvalue weighted by atomic mass is 19.3. The lowest BCUT2D eigenvalue weighted by molar-refractivity contribution is -0.133. The second kappa shape index (κ2) is 7.36. The minimum Gasteiger partial charge on any atom is -0.386 e. The van der Waals surface area contributed by atoms with Gasteiger partial charge in [-0.15, -0.1) is 0 Å². The van der Waals surface area contributed by atoms with Crippen molar-refractivity contribution in [2.75, 3.05) is 18.2 Å². The van der Waals surface area contributed by atoms with Gasteiger partial charge in [-0.3, -0.25) is 4.79 Å². The average Bonchev–Trinajstić information content (AvgIpc) is 2.98. The normalized spacial score (nSPS) is 16.8. The fourth-order valence-electron chi connectivity index (χ4n) is 2.24. The number of amides is 1.